The molecule has 3 nitrogen and oxygen atoms in total. The van der Waals surface area contributed by atoms with E-state index in [1.54, 1.807) is 0 Å². The van der Waals surface area contributed by atoms with Crippen molar-refractivity contribution in [1.29, 1.82) is 0 Å². The molecule has 2 rings (SSSR count). The van der Waals surface area contributed by atoms with Gasteiger partial charge in [-0.2, -0.15) is 5.10 Å². The molecule has 0 spiro atoms. The topological polar surface area (TPSA) is 27.1 Å². The minimum atomic E-state index is 0.438. The van der Waals surface area contributed by atoms with Crippen molar-refractivity contribution in [2.75, 3.05) is 0 Å². The molecule has 1 saturated carbocycles. The molecule has 0 aromatic carbocycles. The molecule has 1 aliphatic rings. The third-order valence-corrected chi connectivity index (χ3v) is 4.71. The first-order chi connectivity index (χ1) is 8.08. The molecule has 0 bridgehead atoms. The van der Waals surface area contributed by atoms with Crippen molar-refractivity contribution in [2.45, 2.75) is 52.2 Å². The van der Waals surface area contributed by atoms with Crippen LogP contribution in [0.2, 0.25) is 0 Å². The zero-order valence-electron chi connectivity index (χ0n) is 10.9. The first-order valence-corrected chi connectivity index (χ1v) is 7.16. The van der Waals surface area contributed by atoms with Gasteiger partial charge in [-0.1, -0.05) is 6.92 Å². The van der Waals surface area contributed by atoms with Crippen molar-refractivity contribution in [3.8, 4) is 0 Å². The highest BCUT2D eigenvalue weighted by Gasteiger charge is 2.20. The van der Waals surface area contributed by atoms with Crippen LogP contribution in [0.1, 0.15) is 44.0 Å². The maximum absolute atomic E-state index is 6.00. The summed E-state index contributed by atoms with van der Waals surface area (Å²) in [5.74, 6) is 0.875. The second kappa shape index (κ2) is 5.53. The van der Waals surface area contributed by atoms with Gasteiger partial charge in [0.25, 0.3) is 0 Å². The highest BCUT2D eigenvalue weighted by Crippen LogP contribution is 2.27. The zero-order valence-corrected chi connectivity index (χ0v) is 12.5. The Labute approximate surface area is 112 Å². The summed E-state index contributed by atoms with van der Waals surface area (Å²) in [5.41, 5.74) is 2.17. The van der Waals surface area contributed by atoms with Gasteiger partial charge in [-0.25, -0.2) is 0 Å². The highest BCUT2D eigenvalue weighted by atomic mass is 79.9. The number of hydrogen-bond donors (Lipinski definition) is 0. The van der Waals surface area contributed by atoms with Gasteiger partial charge in [-0.3, -0.25) is 4.68 Å². The van der Waals surface area contributed by atoms with Gasteiger partial charge in [-0.15, -0.1) is 0 Å². The molecule has 0 radical (unpaired) electrons. The Kier molecular flexibility index (Phi) is 4.26. The molecule has 4 heteroatoms. The summed E-state index contributed by atoms with van der Waals surface area (Å²) in [5, 5.41) is 4.38. The molecule has 0 N–H and O–H groups in total. The number of ether oxygens (including phenoxy) is 1. The molecule has 0 aliphatic heterocycles. The Morgan fingerprint density at radius 3 is 2.53 bits per heavy atom. The molecule has 0 unspecified atom stereocenters. The lowest BCUT2D eigenvalue weighted by Gasteiger charge is -2.26. The number of nitrogens with zero attached hydrogens (tertiary/aromatic N) is 2. The smallest absolute Gasteiger partial charge is 0.0900 e. The lowest BCUT2D eigenvalue weighted by Crippen LogP contribution is -2.20. The van der Waals surface area contributed by atoms with Crippen molar-refractivity contribution < 1.29 is 4.74 Å². The van der Waals surface area contributed by atoms with Gasteiger partial charge in [0.15, 0.2) is 0 Å². The van der Waals surface area contributed by atoms with E-state index in [1.807, 2.05) is 18.7 Å². The van der Waals surface area contributed by atoms with Crippen LogP contribution >= 0.6 is 15.9 Å². The van der Waals surface area contributed by atoms with E-state index in [4.69, 9.17) is 4.74 Å². The maximum atomic E-state index is 6.00. The second-order valence-electron chi connectivity index (χ2n) is 5.16. The van der Waals surface area contributed by atoms with Crippen LogP contribution in [0.3, 0.4) is 0 Å². The summed E-state index contributed by atoms with van der Waals surface area (Å²) in [6, 6.07) is 0. The van der Waals surface area contributed by atoms with Crippen molar-refractivity contribution in [2.24, 2.45) is 13.0 Å². The highest BCUT2D eigenvalue weighted by molar-refractivity contribution is 9.10. The number of rotatable bonds is 3. The van der Waals surface area contributed by atoms with E-state index in [-0.39, 0.29) is 0 Å². The lowest BCUT2D eigenvalue weighted by atomic mass is 9.89. The summed E-state index contributed by atoms with van der Waals surface area (Å²) in [6.45, 7) is 5.00. The van der Waals surface area contributed by atoms with Gasteiger partial charge < -0.3 is 4.74 Å². The van der Waals surface area contributed by atoms with Gasteiger partial charge >= 0.3 is 0 Å². The molecular formula is C13H21BrN2O. The van der Waals surface area contributed by atoms with E-state index < -0.39 is 0 Å². The van der Waals surface area contributed by atoms with Crippen molar-refractivity contribution >= 4 is 15.9 Å². The summed E-state index contributed by atoms with van der Waals surface area (Å²) >= 11 is 3.57. The molecule has 0 saturated heterocycles. The molecule has 17 heavy (non-hydrogen) atoms. The summed E-state index contributed by atoms with van der Waals surface area (Å²) in [4.78, 5) is 0. The molecule has 96 valence electrons. The Bertz CT molecular complexity index is 381. The fraction of sp³-hybridized carbons (Fsp3) is 0.769. The average molecular weight is 301 g/mol. The molecule has 0 atom stereocenters. The van der Waals surface area contributed by atoms with Crippen LogP contribution in [0.4, 0.5) is 0 Å². The first-order valence-electron chi connectivity index (χ1n) is 6.37. The van der Waals surface area contributed by atoms with E-state index in [1.165, 1.54) is 25.7 Å². The van der Waals surface area contributed by atoms with Crippen molar-refractivity contribution in [1.82, 2.24) is 9.78 Å². The van der Waals surface area contributed by atoms with Crippen LogP contribution in [-0.2, 0) is 18.4 Å². The number of aryl methyl sites for hydroxylation is 2. The molecule has 1 heterocycles. The Morgan fingerprint density at radius 2 is 2.00 bits per heavy atom. The van der Waals surface area contributed by atoms with E-state index in [2.05, 4.69) is 28.0 Å². The Morgan fingerprint density at radius 1 is 1.35 bits per heavy atom. The third-order valence-electron chi connectivity index (χ3n) is 3.68. The van der Waals surface area contributed by atoms with E-state index in [0.717, 1.165) is 21.8 Å². The maximum Gasteiger partial charge on any atom is 0.0900 e. The average Bonchev–Trinajstić information content (AvgIpc) is 2.54. The predicted octanol–water partition coefficient (Wildman–Crippen LogP) is 3.59. The molecular weight excluding hydrogens is 280 g/mol. The van der Waals surface area contributed by atoms with Gasteiger partial charge in [0.2, 0.25) is 0 Å². The molecule has 1 aliphatic carbocycles. The summed E-state index contributed by atoms with van der Waals surface area (Å²) in [7, 11) is 1.97. The minimum Gasteiger partial charge on any atom is -0.372 e. The summed E-state index contributed by atoms with van der Waals surface area (Å²) in [6.07, 6.45) is 5.45. The minimum absolute atomic E-state index is 0.438. The van der Waals surface area contributed by atoms with Crippen LogP contribution < -0.4 is 0 Å². The number of halogens is 1. The molecule has 1 aromatic heterocycles. The zero-order chi connectivity index (χ0) is 12.4. The number of aromatic nitrogens is 2. The van der Waals surface area contributed by atoms with Crippen molar-refractivity contribution in [3.63, 3.8) is 0 Å². The van der Waals surface area contributed by atoms with Crippen LogP contribution in [0, 0.1) is 12.8 Å². The predicted molar refractivity (Wildman–Crippen MR) is 71.9 cm³/mol. The lowest BCUT2D eigenvalue weighted by molar-refractivity contribution is 0.00575. The van der Waals surface area contributed by atoms with Gasteiger partial charge in [0.05, 0.1) is 28.6 Å². The van der Waals surface area contributed by atoms with Crippen LogP contribution in [0.15, 0.2) is 4.47 Å². The summed E-state index contributed by atoms with van der Waals surface area (Å²) < 4.78 is 9.00. The fourth-order valence-electron chi connectivity index (χ4n) is 2.43. The first kappa shape index (κ1) is 13.1. The van der Waals surface area contributed by atoms with Crippen LogP contribution in [0.25, 0.3) is 0 Å². The van der Waals surface area contributed by atoms with Gasteiger partial charge in [-0.05, 0) is 54.5 Å². The number of hydrogen-bond acceptors (Lipinski definition) is 2. The fourth-order valence-corrected chi connectivity index (χ4v) is 2.88. The molecule has 1 fully saturated rings. The van der Waals surface area contributed by atoms with Gasteiger partial charge in [0, 0.05) is 7.05 Å². The van der Waals surface area contributed by atoms with Gasteiger partial charge in [0.1, 0.15) is 0 Å². The largest absolute Gasteiger partial charge is 0.372 e. The third kappa shape index (κ3) is 3.10. The monoisotopic (exact) mass is 300 g/mol. The Balaban J connectivity index is 1.89. The molecule has 1 aromatic rings. The van der Waals surface area contributed by atoms with E-state index in [0.29, 0.717) is 12.7 Å². The normalized spacial score (nSPS) is 25.2. The van der Waals surface area contributed by atoms with Crippen LogP contribution in [-0.4, -0.2) is 15.9 Å². The van der Waals surface area contributed by atoms with E-state index in [9.17, 15) is 0 Å². The van der Waals surface area contributed by atoms with Crippen molar-refractivity contribution in [3.05, 3.63) is 15.9 Å². The molecule has 0 amide bonds. The van der Waals surface area contributed by atoms with Crippen LogP contribution in [0.5, 0.6) is 0 Å². The quantitative estimate of drug-likeness (QED) is 0.853. The Hall–Kier alpha value is -0.350. The SMILES string of the molecule is Cc1nn(C)c(COC2CCC(C)CC2)c1Br. The standard InChI is InChI=1S/C13H21BrN2O/c1-9-4-6-11(7-5-9)17-8-12-13(14)10(2)15-16(12)3/h9,11H,4-8H2,1-3H3. The second-order valence-corrected chi connectivity index (χ2v) is 5.96. The van der Waals surface area contributed by atoms with E-state index >= 15 is 0 Å².